The summed E-state index contributed by atoms with van der Waals surface area (Å²) in [5.74, 6) is 0.526. The Labute approximate surface area is 217 Å². The summed E-state index contributed by atoms with van der Waals surface area (Å²) in [5, 5.41) is 13.2. The number of benzene rings is 1. The van der Waals surface area contributed by atoms with E-state index in [1.807, 2.05) is 25.1 Å². The van der Waals surface area contributed by atoms with E-state index in [2.05, 4.69) is 30.4 Å². The molecule has 184 valence electrons. The maximum Gasteiger partial charge on any atom is 0.270 e. The standard InChI is InChI=1S/C27H32N4O2S2/c1-4-6-10-16-31-26(33)23(35-27(31)34)17-21-19(3)22(18-28)25(32)30(15-5-2)24(21)29-14-13-20-11-8-7-9-12-20/h7-9,11-12,17,29H,4-6,10,13-16H2,1-3H3/b23-17+. The fourth-order valence-corrected chi connectivity index (χ4v) is 5.39. The number of carbonyl (C=O) groups excluding carboxylic acids is 1. The number of pyridine rings is 1. The predicted molar refractivity (Wildman–Crippen MR) is 148 cm³/mol. The van der Waals surface area contributed by atoms with Crippen LogP contribution in [0.25, 0.3) is 6.08 Å². The third kappa shape index (κ3) is 6.22. The van der Waals surface area contributed by atoms with E-state index in [1.165, 1.54) is 17.3 Å². The molecular formula is C27H32N4O2S2. The zero-order valence-electron chi connectivity index (χ0n) is 20.6. The van der Waals surface area contributed by atoms with Gasteiger partial charge in [0, 0.05) is 25.2 Å². The number of nitrogens with zero attached hydrogens (tertiary/aromatic N) is 3. The summed E-state index contributed by atoms with van der Waals surface area (Å²) < 4.78 is 2.18. The Bertz CT molecular complexity index is 1210. The summed E-state index contributed by atoms with van der Waals surface area (Å²) in [6.07, 6.45) is 6.32. The number of amides is 1. The normalized spacial score (nSPS) is 14.6. The van der Waals surface area contributed by atoms with Gasteiger partial charge < -0.3 is 5.32 Å². The van der Waals surface area contributed by atoms with E-state index in [9.17, 15) is 14.9 Å². The highest BCUT2D eigenvalue weighted by molar-refractivity contribution is 8.26. The van der Waals surface area contributed by atoms with Crippen LogP contribution in [0.2, 0.25) is 0 Å². The monoisotopic (exact) mass is 508 g/mol. The quantitative estimate of drug-likeness (QED) is 0.246. The second-order valence-corrected chi connectivity index (χ2v) is 10.2. The highest BCUT2D eigenvalue weighted by Gasteiger charge is 2.32. The molecule has 1 N–H and O–H groups in total. The smallest absolute Gasteiger partial charge is 0.270 e. The first-order chi connectivity index (χ1) is 16.9. The molecule has 8 heteroatoms. The average molecular weight is 509 g/mol. The average Bonchev–Trinajstić information content (AvgIpc) is 3.12. The minimum Gasteiger partial charge on any atom is -0.371 e. The zero-order chi connectivity index (χ0) is 25.4. The van der Waals surface area contributed by atoms with Crippen LogP contribution < -0.4 is 10.9 Å². The minimum atomic E-state index is -0.307. The van der Waals surface area contributed by atoms with Gasteiger partial charge in [0.2, 0.25) is 0 Å². The Kier molecular flexibility index (Phi) is 9.70. The first-order valence-electron chi connectivity index (χ1n) is 12.1. The number of unbranched alkanes of at least 4 members (excludes halogenated alkanes) is 2. The SMILES string of the molecule is CCCCCN1C(=O)/C(=C\c2c(C)c(C#N)c(=O)n(CCC)c2NCCc2ccccc2)SC1=S. The number of hydrogen-bond acceptors (Lipinski definition) is 6. The summed E-state index contributed by atoms with van der Waals surface area (Å²) in [4.78, 5) is 28.5. The van der Waals surface area contributed by atoms with Crippen LogP contribution in [-0.4, -0.2) is 32.8 Å². The second-order valence-electron chi connectivity index (χ2n) is 8.53. The van der Waals surface area contributed by atoms with E-state index < -0.39 is 0 Å². The summed E-state index contributed by atoms with van der Waals surface area (Å²) in [5.41, 5.74) is 2.25. The van der Waals surface area contributed by atoms with Gasteiger partial charge in [-0.3, -0.25) is 19.1 Å². The molecule has 0 saturated carbocycles. The van der Waals surface area contributed by atoms with Crippen molar-refractivity contribution in [3.05, 3.63) is 67.8 Å². The summed E-state index contributed by atoms with van der Waals surface area (Å²) in [6.45, 7) is 7.57. The van der Waals surface area contributed by atoms with Crippen LogP contribution in [0.4, 0.5) is 5.82 Å². The predicted octanol–water partition coefficient (Wildman–Crippen LogP) is 5.48. The molecule has 1 aliphatic heterocycles. The Morgan fingerprint density at radius 2 is 1.86 bits per heavy atom. The fraction of sp³-hybridized carbons (Fsp3) is 0.407. The van der Waals surface area contributed by atoms with Crippen molar-refractivity contribution >= 4 is 46.1 Å². The molecule has 0 spiro atoms. The lowest BCUT2D eigenvalue weighted by atomic mass is 10.0. The third-order valence-electron chi connectivity index (χ3n) is 6.01. The van der Waals surface area contributed by atoms with E-state index in [1.54, 1.807) is 22.5 Å². The topological polar surface area (TPSA) is 78.1 Å². The largest absolute Gasteiger partial charge is 0.371 e. The zero-order valence-corrected chi connectivity index (χ0v) is 22.2. The van der Waals surface area contributed by atoms with Gasteiger partial charge in [-0.1, -0.05) is 81.0 Å². The molecule has 1 aromatic carbocycles. The van der Waals surface area contributed by atoms with E-state index in [0.717, 1.165) is 32.1 Å². The molecule has 35 heavy (non-hydrogen) atoms. The molecule has 0 unspecified atom stereocenters. The number of carbonyl (C=O) groups is 1. The fourth-order valence-electron chi connectivity index (χ4n) is 4.10. The lowest BCUT2D eigenvalue weighted by Crippen LogP contribution is -2.29. The van der Waals surface area contributed by atoms with E-state index in [-0.39, 0.29) is 17.0 Å². The van der Waals surface area contributed by atoms with Gasteiger partial charge in [-0.25, -0.2) is 0 Å². The lowest BCUT2D eigenvalue weighted by Gasteiger charge is -2.20. The highest BCUT2D eigenvalue weighted by atomic mass is 32.2. The first-order valence-corrected chi connectivity index (χ1v) is 13.4. The molecular weight excluding hydrogens is 476 g/mol. The van der Waals surface area contributed by atoms with Crippen LogP contribution >= 0.6 is 24.0 Å². The van der Waals surface area contributed by atoms with Crippen molar-refractivity contribution in [1.82, 2.24) is 9.47 Å². The van der Waals surface area contributed by atoms with Crippen molar-refractivity contribution < 1.29 is 4.79 Å². The minimum absolute atomic E-state index is 0.108. The third-order valence-corrected chi connectivity index (χ3v) is 7.38. The Hall–Kier alpha value is -2.89. The number of anilines is 1. The first kappa shape index (κ1) is 26.7. The van der Waals surface area contributed by atoms with Gasteiger partial charge in [-0.2, -0.15) is 5.26 Å². The molecule has 3 rings (SSSR count). The van der Waals surface area contributed by atoms with Gasteiger partial charge in [0.15, 0.2) is 0 Å². The highest BCUT2D eigenvalue weighted by Crippen LogP contribution is 2.35. The molecule has 6 nitrogen and oxygen atoms in total. The number of thioether (sulfide) groups is 1. The van der Waals surface area contributed by atoms with Crippen LogP contribution in [0.1, 0.15) is 61.8 Å². The van der Waals surface area contributed by atoms with Gasteiger partial charge in [0.25, 0.3) is 11.5 Å². The molecule has 2 heterocycles. The van der Waals surface area contributed by atoms with Gasteiger partial charge in [-0.05, 0) is 43.4 Å². The number of thiocarbonyl (C=S) groups is 1. The van der Waals surface area contributed by atoms with Gasteiger partial charge >= 0.3 is 0 Å². The van der Waals surface area contributed by atoms with E-state index in [4.69, 9.17) is 12.2 Å². The number of nitrogens with one attached hydrogen (secondary N) is 1. The second kappa shape index (κ2) is 12.7. The maximum atomic E-state index is 13.2. The summed E-state index contributed by atoms with van der Waals surface area (Å²) >= 11 is 6.77. The Balaban J connectivity index is 2.02. The lowest BCUT2D eigenvalue weighted by molar-refractivity contribution is -0.122. The molecule has 1 aromatic heterocycles. The van der Waals surface area contributed by atoms with Crippen molar-refractivity contribution in [3.8, 4) is 6.07 Å². The molecule has 1 saturated heterocycles. The van der Waals surface area contributed by atoms with Gasteiger partial charge in [0.1, 0.15) is 21.8 Å². The Morgan fingerprint density at radius 1 is 1.11 bits per heavy atom. The number of rotatable bonds is 11. The number of aromatic nitrogens is 1. The van der Waals surface area contributed by atoms with Crippen molar-refractivity contribution in [2.75, 3.05) is 18.4 Å². The summed E-state index contributed by atoms with van der Waals surface area (Å²) in [7, 11) is 0. The number of hydrogen-bond donors (Lipinski definition) is 1. The van der Waals surface area contributed by atoms with Crippen molar-refractivity contribution in [1.29, 1.82) is 5.26 Å². The van der Waals surface area contributed by atoms with Crippen LogP contribution in [0, 0.1) is 18.3 Å². The number of nitriles is 1. The Morgan fingerprint density at radius 3 is 2.51 bits per heavy atom. The van der Waals surface area contributed by atoms with Crippen LogP contribution in [0.15, 0.2) is 40.0 Å². The molecule has 1 amide bonds. The van der Waals surface area contributed by atoms with E-state index >= 15 is 0 Å². The molecule has 2 aromatic rings. The van der Waals surface area contributed by atoms with Crippen LogP contribution in [0.3, 0.4) is 0 Å². The maximum absolute atomic E-state index is 13.2. The van der Waals surface area contributed by atoms with Crippen molar-refractivity contribution in [2.24, 2.45) is 0 Å². The molecule has 1 aliphatic rings. The molecule has 0 radical (unpaired) electrons. The summed E-state index contributed by atoms with van der Waals surface area (Å²) in [6, 6.07) is 12.2. The van der Waals surface area contributed by atoms with Crippen molar-refractivity contribution in [3.63, 3.8) is 0 Å². The molecule has 1 fully saturated rings. The van der Waals surface area contributed by atoms with Crippen LogP contribution in [0.5, 0.6) is 0 Å². The molecule has 0 atom stereocenters. The van der Waals surface area contributed by atoms with Gasteiger partial charge in [0.05, 0.1) is 4.91 Å². The van der Waals surface area contributed by atoms with E-state index in [0.29, 0.717) is 45.8 Å². The van der Waals surface area contributed by atoms with Crippen LogP contribution in [-0.2, 0) is 17.8 Å². The molecule has 0 bridgehead atoms. The molecule has 0 aliphatic carbocycles. The van der Waals surface area contributed by atoms with Gasteiger partial charge in [-0.15, -0.1) is 0 Å². The van der Waals surface area contributed by atoms with Crippen molar-refractivity contribution in [2.45, 2.75) is 59.4 Å².